The second-order valence-electron chi connectivity index (χ2n) is 13.4. The Morgan fingerprint density at radius 3 is 1.53 bits per heavy atom. The van der Waals surface area contributed by atoms with Crippen molar-refractivity contribution in [2.24, 2.45) is 0 Å². The fourth-order valence-electron chi connectivity index (χ4n) is 8.12. The van der Waals surface area contributed by atoms with Crippen LogP contribution in [0.4, 0.5) is 0 Å². The van der Waals surface area contributed by atoms with Crippen LogP contribution in [0, 0.1) is 0 Å². The van der Waals surface area contributed by atoms with Crippen molar-refractivity contribution in [3.05, 3.63) is 182 Å². The van der Waals surface area contributed by atoms with Crippen molar-refractivity contribution in [3.63, 3.8) is 0 Å². The highest BCUT2D eigenvalue weighted by molar-refractivity contribution is 7.99. The van der Waals surface area contributed by atoms with Gasteiger partial charge in [0.1, 0.15) is 0 Å². The van der Waals surface area contributed by atoms with Crippen molar-refractivity contribution in [2.75, 3.05) is 0 Å². The molecule has 8 aromatic carbocycles. The molecule has 0 saturated carbocycles. The summed E-state index contributed by atoms with van der Waals surface area (Å²) in [5, 5.41) is 5.13. The molecule has 51 heavy (non-hydrogen) atoms. The lowest BCUT2D eigenvalue weighted by atomic mass is 10.0. The first-order valence-corrected chi connectivity index (χ1v) is 18.2. The second kappa shape index (κ2) is 11.1. The Morgan fingerprint density at radius 2 is 0.843 bits per heavy atom. The van der Waals surface area contributed by atoms with Gasteiger partial charge in [-0.1, -0.05) is 133 Å². The van der Waals surface area contributed by atoms with Gasteiger partial charge in [0.05, 0.1) is 27.8 Å². The number of benzene rings is 8. The van der Waals surface area contributed by atoms with E-state index < -0.39 is 0 Å². The average molecular weight is 667 g/mol. The average Bonchev–Trinajstić information content (AvgIpc) is 3.72. The Morgan fingerprint density at radius 1 is 0.314 bits per heavy atom. The zero-order valence-corrected chi connectivity index (χ0v) is 28.4. The van der Waals surface area contributed by atoms with Crippen LogP contribution in [-0.4, -0.2) is 9.13 Å². The van der Waals surface area contributed by atoms with E-state index in [1.165, 1.54) is 92.5 Å². The van der Waals surface area contributed by atoms with Crippen LogP contribution in [0.5, 0.6) is 0 Å². The van der Waals surface area contributed by atoms with Gasteiger partial charge in [-0.3, -0.25) is 0 Å². The molecule has 1 aliphatic rings. The largest absolute Gasteiger partial charge is 0.309 e. The Kier molecular flexibility index (Phi) is 6.22. The fraction of sp³-hybridized carbons (Fsp3) is 0. The van der Waals surface area contributed by atoms with Crippen LogP contribution in [-0.2, 0) is 0 Å². The molecule has 3 heterocycles. The lowest BCUT2D eigenvalue weighted by molar-refractivity contribution is 1.09. The molecule has 0 spiro atoms. The Hall–Kier alpha value is -6.29. The maximum atomic E-state index is 2.47. The van der Waals surface area contributed by atoms with Crippen LogP contribution >= 0.6 is 11.8 Å². The van der Waals surface area contributed by atoms with Crippen LogP contribution in [0.2, 0.25) is 0 Å². The molecule has 0 bridgehead atoms. The highest BCUT2D eigenvalue weighted by Gasteiger charge is 2.23. The van der Waals surface area contributed by atoms with Gasteiger partial charge < -0.3 is 9.13 Å². The number of nitrogens with zero attached hydrogens (tertiary/aromatic N) is 2. The van der Waals surface area contributed by atoms with E-state index in [-0.39, 0.29) is 0 Å². The van der Waals surface area contributed by atoms with E-state index >= 15 is 0 Å². The molecule has 10 aromatic rings. The van der Waals surface area contributed by atoms with Crippen molar-refractivity contribution in [1.82, 2.24) is 9.13 Å². The molecule has 0 unspecified atom stereocenters. The number of hydrogen-bond acceptors (Lipinski definition) is 1. The van der Waals surface area contributed by atoms with E-state index in [0.717, 1.165) is 5.69 Å². The fourth-order valence-corrected chi connectivity index (χ4v) is 9.19. The summed E-state index contributed by atoms with van der Waals surface area (Å²) in [5.74, 6) is 0. The Bertz CT molecular complexity index is 2870. The summed E-state index contributed by atoms with van der Waals surface area (Å²) < 4.78 is 4.89. The molecule has 0 saturated heterocycles. The summed E-state index contributed by atoms with van der Waals surface area (Å²) in [4.78, 5) is 2.60. The molecule has 0 N–H and O–H groups in total. The highest BCUT2D eigenvalue weighted by Crippen LogP contribution is 2.47. The van der Waals surface area contributed by atoms with Crippen molar-refractivity contribution < 1.29 is 0 Å². The van der Waals surface area contributed by atoms with E-state index in [0.29, 0.717) is 0 Å². The maximum Gasteiger partial charge on any atom is 0.0681 e. The van der Waals surface area contributed by atoms with Crippen LogP contribution in [0.1, 0.15) is 0 Å². The molecule has 2 aromatic heterocycles. The summed E-state index contributed by atoms with van der Waals surface area (Å²) in [6.45, 7) is 0. The van der Waals surface area contributed by atoms with E-state index in [9.17, 15) is 0 Å². The van der Waals surface area contributed by atoms with Gasteiger partial charge in [-0.05, 0) is 94.0 Å². The summed E-state index contributed by atoms with van der Waals surface area (Å²) in [7, 11) is 0. The van der Waals surface area contributed by atoms with Crippen LogP contribution in [0.25, 0.3) is 88.4 Å². The van der Waals surface area contributed by atoms with Crippen LogP contribution in [0.3, 0.4) is 0 Å². The second-order valence-corrected chi connectivity index (χ2v) is 14.5. The molecule has 0 radical (unpaired) electrons. The molecule has 1 aliphatic heterocycles. The van der Waals surface area contributed by atoms with E-state index in [1.54, 1.807) is 0 Å². The molecule has 0 atom stereocenters. The standard InChI is InChI=1S/C48H30N2S/c1-3-10-31(11-4-1)34-20-25-43-40(28-34)41-29-35(32-12-5-2-6-13-32)21-26-44(41)49(43)37-23-18-33(19-24-37)36-22-27-46-45(30-36)50-42-16-8-7-14-38(42)39-15-9-17-47(51-46)48(39)50/h1-30H. The molecular formula is C48H30N2S. The summed E-state index contributed by atoms with van der Waals surface area (Å²) in [6, 6.07) is 66.7. The quantitative estimate of drug-likeness (QED) is 0.182. The van der Waals surface area contributed by atoms with Crippen LogP contribution in [0.15, 0.2) is 192 Å². The topological polar surface area (TPSA) is 9.86 Å². The van der Waals surface area contributed by atoms with E-state index in [2.05, 4.69) is 191 Å². The molecule has 238 valence electrons. The Labute approximate surface area is 299 Å². The van der Waals surface area contributed by atoms with Crippen molar-refractivity contribution in [2.45, 2.75) is 9.79 Å². The monoisotopic (exact) mass is 666 g/mol. The number of rotatable bonds is 4. The number of aromatic nitrogens is 2. The smallest absolute Gasteiger partial charge is 0.0681 e. The lowest BCUT2D eigenvalue weighted by Gasteiger charge is -2.21. The third-order valence-corrected chi connectivity index (χ3v) is 11.6. The van der Waals surface area contributed by atoms with E-state index in [1.807, 2.05) is 11.8 Å². The van der Waals surface area contributed by atoms with Crippen LogP contribution < -0.4 is 0 Å². The lowest BCUT2D eigenvalue weighted by Crippen LogP contribution is -2.02. The third kappa shape index (κ3) is 4.38. The van der Waals surface area contributed by atoms with Gasteiger partial charge in [0.15, 0.2) is 0 Å². The first-order valence-electron chi connectivity index (χ1n) is 17.4. The van der Waals surface area contributed by atoms with Gasteiger partial charge in [0.25, 0.3) is 0 Å². The molecule has 0 fully saturated rings. The zero-order valence-electron chi connectivity index (χ0n) is 27.6. The van der Waals surface area contributed by atoms with Gasteiger partial charge in [0, 0.05) is 37.0 Å². The van der Waals surface area contributed by atoms with Crippen molar-refractivity contribution in [1.29, 1.82) is 0 Å². The summed E-state index contributed by atoms with van der Waals surface area (Å²) in [5.41, 5.74) is 14.7. The zero-order chi connectivity index (χ0) is 33.5. The molecule has 3 heteroatoms. The van der Waals surface area contributed by atoms with Gasteiger partial charge >= 0.3 is 0 Å². The first kappa shape index (κ1) is 28.5. The number of fused-ring (bicyclic) bond motifs is 8. The minimum atomic E-state index is 1.15. The highest BCUT2D eigenvalue weighted by atomic mass is 32.2. The molecule has 0 amide bonds. The van der Waals surface area contributed by atoms with Gasteiger partial charge in [-0.15, -0.1) is 0 Å². The minimum absolute atomic E-state index is 1.15. The van der Waals surface area contributed by atoms with Crippen molar-refractivity contribution in [3.8, 4) is 44.8 Å². The third-order valence-electron chi connectivity index (χ3n) is 10.5. The minimum Gasteiger partial charge on any atom is -0.309 e. The molecular weight excluding hydrogens is 637 g/mol. The molecule has 2 nitrogen and oxygen atoms in total. The van der Waals surface area contributed by atoms with E-state index in [4.69, 9.17) is 0 Å². The first-order chi connectivity index (χ1) is 25.3. The molecule has 11 rings (SSSR count). The normalized spacial score (nSPS) is 12.2. The van der Waals surface area contributed by atoms with Crippen molar-refractivity contribution >= 4 is 55.4 Å². The summed E-state index contributed by atoms with van der Waals surface area (Å²) in [6.07, 6.45) is 0. The predicted octanol–water partition coefficient (Wildman–Crippen LogP) is 13.3. The Balaban J connectivity index is 1.05. The SMILES string of the molecule is c1ccc(-c2ccc3c(c2)c2cc(-c4ccccc4)ccc2n3-c2ccc(-c3ccc4c(c3)-n3c5ccccc5c5cccc(c53)S4)cc2)cc1. The van der Waals surface area contributed by atoms with Gasteiger partial charge in [0.2, 0.25) is 0 Å². The number of para-hydroxylation sites is 2. The number of hydrogen-bond donors (Lipinski definition) is 0. The maximum absolute atomic E-state index is 2.47. The summed E-state index contributed by atoms with van der Waals surface area (Å²) >= 11 is 1.87. The van der Waals surface area contributed by atoms with Gasteiger partial charge in [-0.2, -0.15) is 0 Å². The molecule has 0 aliphatic carbocycles. The predicted molar refractivity (Wildman–Crippen MR) is 216 cm³/mol. The van der Waals surface area contributed by atoms with Gasteiger partial charge in [-0.25, -0.2) is 0 Å².